The van der Waals surface area contributed by atoms with Crippen molar-refractivity contribution in [3.63, 3.8) is 0 Å². The van der Waals surface area contributed by atoms with E-state index in [1.54, 1.807) is 23.9 Å². The van der Waals surface area contributed by atoms with Crippen molar-refractivity contribution in [1.29, 1.82) is 0 Å². The van der Waals surface area contributed by atoms with Gasteiger partial charge in [-0.15, -0.1) is 0 Å². The quantitative estimate of drug-likeness (QED) is 0.715. The summed E-state index contributed by atoms with van der Waals surface area (Å²) >= 11 is 1.77. The molecule has 3 N–H and O–H groups in total. The van der Waals surface area contributed by atoms with Crippen LogP contribution in [-0.4, -0.2) is 17.2 Å². The lowest BCUT2D eigenvalue weighted by Gasteiger charge is -2.11. The van der Waals surface area contributed by atoms with E-state index in [4.69, 9.17) is 10.0 Å². The molecule has 0 spiro atoms. The molecular formula is C13H12BNO2S. The molecule has 18 heavy (non-hydrogen) atoms. The molecular weight excluding hydrogens is 245 g/mol. The second-order valence-electron chi connectivity index (χ2n) is 4.18. The highest BCUT2D eigenvalue weighted by Gasteiger charge is 2.22. The Morgan fingerprint density at radius 1 is 1.00 bits per heavy atom. The fourth-order valence-electron chi connectivity index (χ4n) is 1.98. The summed E-state index contributed by atoms with van der Waals surface area (Å²) in [5, 5.41) is 21.7. The summed E-state index contributed by atoms with van der Waals surface area (Å²) in [5.41, 5.74) is 2.79. The van der Waals surface area contributed by atoms with Crippen LogP contribution in [0.25, 0.3) is 0 Å². The van der Waals surface area contributed by atoms with Crippen LogP contribution in [0, 0.1) is 0 Å². The van der Waals surface area contributed by atoms with Crippen molar-refractivity contribution >= 4 is 30.0 Å². The first-order valence-electron chi connectivity index (χ1n) is 5.72. The second kappa shape index (κ2) is 4.68. The van der Waals surface area contributed by atoms with E-state index < -0.39 is 7.12 Å². The van der Waals surface area contributed by atoms with Crippen LogP contribution in [0.2, 0.25) is 0 Å². The zero-order valence-corrected chi connectivity index (χ0v) is 10.4. The lowest BCUT2D eigenvalue weighted by molar-refractivity contribution is 0.426. The van der Waals surface area contributed by atoms with Gasteiger partial charge >= 0.3 is 7.12 Å². The number of hydrogen-bond acceptors (Lipinski definition) is 4. The van der Waals surface area contributed by atoms with Crippen LogP contribution in [0.15, 0.2) is 53.4 Å². The predicted octanol–water partition coefficient (Wildman–Crippen LogP) is 1.58. The molecule has 0 bridgehead atoms. The highest BCUT2D eigenvalue weighted by atomic mass is 32.2. The van der Waals surface area contributed by atoms with E-state index in [0.717, 1.165) is 11.3 Å². The first-order chi connectivity index (χ1) is 8.74. The summed E-state index contributed by atoms with van der Waals surface area (Å²) in [4.78, 5) is 1.24. The summed E-state index contributed by atoms with van der Waals surface area (Å²) in [5.74, 6) is 0. The lowest BCUT2D eigenvalue weighted by Crippen LogP contribution is -2.29. The normalized spacial score (nSPS) is 17.1. The average Bonchev–Trinajstić information content (AvgIpc) is 2.82. The van der Waals surface area contributed by atoms with Crippen molar-refractivity contribution in [1.82, 2.24) is 0 Å². The Morgan fingerprint density at radius 3 is 2.39 bits per heavy atom. The molecule has 0 saturated carbocycles. The van der Waals surface area contributed by atoms with Crippen molar-refractivity contribution < 1.29 is 10.0 Å². The van der Waals surface area contributed by atoms with Gasteiger partial charge in [0.1, 0.15) is 5.37 Å². The van der Waals surface area contributed by atoms with Gasteiger partial charge in [0.15, 0.2) is 0 Å². The molecule has 0 amide bonds. The SMILES string of the molecule is OB(O)c1ccc(C2Nc3ccccc3S2)cc1. The predicted molar refractivity (Wildman–Crippen MR) is 74.9 cm³/mol. The summed E-state index contributed by atoms with van der Waals surface area (Å²) in [6, 6.07) is 15.5. The largest absolute Gasteiger partial charge is 0.488 e. The van der Waals surface area contributed by atoms with Gasteiger partial charge in [-0.1, -0.05) is 48.2 Å². The van der Waals surface area contributed by atoms with E-state index >= 15 is 0 Å². The van der Waals surface area contributed by atoms with Crippen LogP contribution < -0.4 is 10.8 Å². The molecule has 3 rings (SSSR count). The maximum atomic E-state index is 9.06. The highest BCUT2D eigenvalue weighted by Crippen LogP contribution is 2.45. The molecule has 2 aromatic carbocycles. The summed E-state index contributed by atoms with van der Waals surface area (Å²) in [6.45, 7) is 0. The number of hydrogen-bond donors (Lipinski definition) is 3. The molecule has 90 valence electrons. The van der Waals surface area contributed by atoms with Crippen LogP contribution in [0.1, 0.15) is 10.9 Å². The third kappa shape index (κ3) is 2.12. The van der Waals surface area contributed by atoms with Crippen molar-refractivity contribution in [3.05, 3.63) is 54.1 Å². The summed E-state index contributed by atoms with van der Waals surface area (Å²) in [6.07, 6.45) is 0. The van der Waals surface area contributed by atoms with Gasteiger partial charge in [-0.2, -0.15) is 0 Å². The van der Waals surface area contributed by atoms with Gasteiger partial charge in [0.05, 0.1) is 0 Å². The van der Waals surface area contributed by atoms with Gasteiger partial charge in [0.25, 0.3) is 0 Å². The van der Waals surface area contributed by atoms with E-state index in [2.05, 4.69) is 17.4 Å². The molecule has 1 atom stereocenters. The number of fused-ring (bicyclic) bond motifs is 1. The maximum Gasteiger partial charge on any atom is 0.488 e. The number of anilines is 1. The van der Waals surface area contributed by atoms with E-state index in [1.807, 2.05) is 24.3 Å². The van der Waals surface area contributed by atoms with E-state index in [9.17, 15) is 0 Å². The molecule has 0 saturated heterocycles. The molecule has 5 heteroatoms. The number of rotatable bonds is 2. The first kappa shape index (κ1) is 11.7. The first-order valence-corrected chi connectivity index (χ1v) is 6.60. The number of benzene rings is 2. The zero-order chi connectivity index (χ0) is 12.5. The Hall–Kier alpha value is -1.43. The maximum absolute atomic E-state index is 9.06. The monoisotopic (exact) mass is 257 g/mol. The fraction of sp³-hybridized carbons (Fsp3) is 0.0769. The standard InChI is InChI=1S/C13H12BNO2S/c16-14(17)10-7-5-9(6-8-10)13-15-11-3-1-2-4-12(11)18-13/h1-8,13,15-17H. The molecule has 1 unspecified atom stereocenters. The van der Waals surface area contributed by atoms with Gasteiger partial charge in [0.2, 0.25) is 0 Å². The lowest BCUT2D eigenvalue weighted by atomic mass is 9.80. The smallest absolute Gasteiger partial charge is 0.423 e. The molecule has 0 aromatic heterocycles. The molecule has 0 aliphatic carbocycles. The molecule has 3 nitrogen and oxygen atoms in total. The van der Waals surface area contributed by atoms with Gasteiger partial charge in [-0.05, 0) is 23.2 Å². The van der Waals surface area contributed by atoms with Crippen LogP contribution in [0.3, 0.4) is 0 Å². The van der Waals surface area contributed by atoms with Crippen molar-refractivity contribution in [2.24, 2.45) is 0 Å². The minimum Gasteiger partial charge on any atom is -0.423 e. The Bertz CT molecular complexity index is 534. The van der Waals surface area contributed by atoms with Gasteiger partial charge in [-0.3, -0.25) is 0 Å². The van der Waals surface area contributed by atoms with Crippen LogP contribution in [0.5, 0.6) is 0 Å². The van der Waals surface area contributed by atoms with E-state index in [1.165, 1.54) is 4.90 Å². The minimum absolute atomic E-state index is 0.187. The summed E-state index contributed by atoms with van der Waals surface area (Å²) < 4.78 is 0. The second-order valence-corrected chi connectivity index (χ2v) is 5.33. The van der Waals surface area contributed by atoms with E-state index in [-0.39, 0.29) is 5.37 Å². The van der Waals surface area contributed by atoms with Gasteiger partial charge in [0, 0.05) is 10.6 Å². The van der Waals surface area contributed by atoms with Crippen LogP contribution >= 0.6 is 11.8 Å². The number of nitrogens with one attached hydrogen (secondary N) is 1. The van der Waals surface area contributed by atoms with Gasteiger partial charge in [-0.25, -0.2) is 0 Å². The topological polar surface area (TPSA) is 52.5 Å². The number of para-hydroxylation sites is 1. The van der Waals surface area contributed by atoms with Crippen molar-refractivity contribution in [3.8, 4) is 0 Å². The Kier molecular flexibility index (Phi) is 3.03. The Labute approximate surface area is 110 Å². The third-order valence-corrected chi connectivity index (χ3v) is 4.19. The number of thioether (sulfide) groups is 1. The molecule has 0 radical (unpaired) electrons. The Morgan fingerprint density at radius 2 is 1.72 bits per heavy atom. The van der Waals surface area contributed by atoms with Crippen molar-refractivity contribution in [2.75, 3.05) is 5.32 Å². The van der Waals surface area contributed by atoms with Gasteiger partial charge < -0.3 is 15.4 Å². The molecule has 1 aliphatic rings. The molecule has 1 heterocycles. The zero-order valence-electron chi connectivity index (χ0n) is 9.58. The fourth-order valence-corrected chi connectivity index (χ4v) is 3.12. The Balaban J connectivity index is 1.82. The highest BCUT2D eigenvalue weighted by molar-refractivity contribution is 8.00. The van der Waals surface area contributed by atoms with Crippen LogP contribution in [0.4, 0.5) is 5.69 Å². The molecule has 1 aliphatic heterocycles. The average molecular weight is 257 g/mol. The summed E-state index contributed by atoms with van der Waals surface area (Å²) in [7, 11) is -1.40. The van der Waals surface area contributed by atoms with E-state index in [0.29, 0.717) is 5.46 Å². The molecule has 0 fully saturated rings. The van der Waals surface area contributed by atoms with Crippen molar-refractivity contribution in [2.45, 2.75) is 10.3 Å². The van der Waals surface area contributed by atoms with Crippen LogP contribution in [-0.2, 0) is 0 Å². The third-order valence-electron chi connectivity index (χ3n) is 2.96. The molecule has 2 aromatic rings. The minimum atomic E-state index is -1.40.